The molecule has 0 amide bonds. The van der Waals surface area contributed by atoms with E-state index in [-0.39, 0.29) is 5.92 Å². The summed E-state index contributed by atoms with van der Waals surface area (Å²) < 4.78 is 11.5. The van der Waals surface area contributed by atoms with E-state index in [1.54, 1.807) is 12.1 Å². The first-order chi connectivity index (χ1) is 9.72. The van der Waals surface area contributed by atoms with Gasteiger partial charge in [0.15, 0.2) is 5.58 Å². The van der Waals surface area contributed by atoms with Gasteiger partial charge in [-0.2, -0.15) is 0 Å². The summed E-state index contributed by atoms with van der Waals surface area (Å²) in [5.74, 6) is 1.53. The van der Waals surface area contributed by atoms with Crippen LogP contribution in [-0.2, 0) is 0 Å². The number of nitrogens with two attached hydrogens (primary N) is 1. The molecule has 0 aliphatic carbocycles. The quantitative estimate of drug-likeness (QED) is 0.695. The monoisotopic (exact) mass is 286 g/mol. The first kappa shape index (κ1) is 11.6. The SMILES string of the molecule is Nc1cc2oc(C3COc4ccccc43)nc2cc1Cl. The minimum atomic E-state index is 0.0126. The van der Waals surface area contributed by atoms with Crippen molar-refractivity contribution in [3.8, 4) is 5.75 Å². The Morgan fingerprint density at radius 2 is 2.10 bits per heavy atom. The molecule has 2 heterocycles. The van der Waals surface area contributed by atoms with Crippen molar-refractivity contribution in [2.75, 3.05) is 12.3 Å². The molecule has 0 radical (unpaired) electrons. The van der Waals surface area contributed by atoms with E-state index in [2.05, 4.69) is 4.98 Å². The van der Waals surface area contributed by atoms with Crippen LogP contribution in [0.5, 0.6) is 5.75 Å². The predicted molar refractivity (Wildman–Crippen MR) is 77.2 cm³/mol. The lowest BCUT2D eigenvalue weighted by Crippen LogP contribution is -2.02. The maximum atomic E-state index is 6.01. The Bertz CT molecular complexity index is 774. The molecule has 20 heavy (non-hydrogen) atoms. The zero-order valence-corrected chi connectivity index (χ0v) is 11.2. The number of benzene rings is 2. The highest BCUT2D eigenvalue weighted by Crippen LogP contribution is 2.39. The fraction of sp³-hybridized carbons (Fsp3) is 0.133. The number of rotatable bonds is 1. The fourth-order valence-electron chi connectivity index (χ4n) is 2.50. The average Bonchev–Trinajstić information content (AvgIpc) is 3.02. The van der Waals surface area contributed by atoms with Crippen molar-refractivity contribution in [1.82, 2.24) is 4.98 Å². The van der Waals surface area contributed by atoms with Crippen molar-refractivity contribution in [3.05, 3.63) is 52.9 Å². The molecule has 0 saturated carbocycles. The smallest absolute Gasteiger partial charge is 0.206 e. The lowest BCUT2D eigenvalue weighted by Gasteiger charge is -2.02. The summed E-state index contributed by atoms with van der Waals surface area (Å²) in [5.41, 5.74) is 8.72. The number of hydrogen-bond donors (Lipinski definition) is 1. The van der Waals surface area contributed by atoms with Gasteiger partial charge >= 0.3 is 0 Å². The van der Waals surface area contributed by atoms with E-state index in [9.17, 15) is 0 Å². The third-order valence-corrected chi connectivity index (χ3v) is 3.85. The van der Waals surface area contributed by atoms with E-state index in [1.165, 1.54) is 0 Å². The molecule has 0 saturated heterocycles. The Kier molecular flexibility index (Phi) is 2.41. The predicted octanol–water partition coefficient (Wildman–Crippen LogP) is 3.59. The van der Waals surface area contributed by atoms with Gasteiger partial charge in [-0.3, -0.25) is 0 Å². The van der Waals surface area contributed by atoms with Crippen LogP contribution in [0.1, 0.15) is 17.4 Å². The number of nitrogens with zero attached hydrogens (tertiary/aromatic N) is 1. The lowest BCUT2D eigenvalue weighted by atomic mass is 10.0. The molecule has 3 aromatic rings. The summed E-state index contributed by atoms with van der Waals surface area (Å²) in [6, 6.07) is 11.3. The maximum absolute atomic E-state index is 6.01. The van der Waals surface area contributed by atoms with Crippen molar-refractivity contribution in [2.24, 2.45) is 0 Å². The summed E-state index contributed by atoms with van der Waals surface area (Å²) >= 11 is 6.01. The van der Waals surface area contributed by atoms with Crippen LogP contribution < -0.4 is 10.5 Å². The zero-order chi connectivity index (χ0) is 13.7. The molecular weight excluding hydrogens is 276 g/mol. The number of anilines is 1. The van der Waals surface area contributed by atoms with Gasteiger partial charge in [-0.05, 0) is 12.1 Å². The van der Waals surface area contributed by atoms with Crippen molar-refractivity contribution in [2.45, 2.75) is 5.92 Å². The Morgan fingerprint density at radius 1 is 1.25 bits per heavy atom. The number of aromatic nitrogens is 1. The Balaban J connectivity index is 1.84. The summed E-state index contributed by atoms with van der Waals surface area (Å²) in [5, 5.41) is 0.487. The number of halogens is 1. The van der Waals surface area contributed by atoms with Gasteiger partial charge in [-0.15, -0.1) is 0 Å². The van der Waals surface area contributed by atoms with Gasteiger partial charge in [0.2, 0.25) is 5.89 Å². The van der Waals surface area contributed by atoms with E-state index >= 15 is 0 Å². The molecule has 1 unspecified atom stereocenters. The molecule has 0 bridgehead atoms. The highest BCUT2D eigenvalue weighted by molar-refractivity contribution is 6.33. The first-order valence-electron chi connectivity index (χ1n) is 6.29. The highest BCUT2D eigenvalue weighted by Gasteiger charge is 2.29. The molecular formula is C15H11ClN2O2. The maximum Gasteiger partial charge on any atom is 0.206 e. The standard InChI is InChI=1S/C15H11ClN2O2/c16-10-5-12-14(6-11(10)17)20-15(18-12)9-7-19-13-4-2-1-3-8(9)13/h1-6,9H,7,17H2. The second-order valence-corrected chi connectivity index (χ2v) is 5.20. The van der Waals surface area contributed by atoms with Gasteiger partial charge in [0.25, 0.3) is 0 Å². The second kappa shape index (κ2) is 4.15. The molecule has 5 heteroatoms. The topological polar surface area (TPSA) is 61.3 Å². The molecule has 100 valence electrons. The fourth-order valence-corrected chi connectivity index (χ4v) is 2.66. The normalized spacial score (nSPS) is 17.1. The van der Waals surface area contributed by atoms with Gasteiger partial charge in [-0.1, -0.05) is 29.8 Å². The van der Waals surface area contributed by atoms with E-state index < -0.39 is 0 Å². The molecule has 1 aliphatic rings. The van der Waals surface area contributed by atoms with Gasteiger partial charge < -0.3 is 14.9 Å². The van der Waals surface area contributed by atoms with E-state index in [1.807, 2.05) is 24.3 Å². The third kappa shape index (κ3) is 1.65. The number of fused-ring (bicyclic) bond motifs is 2. The summed E-state index contributed by atoms with van der Waals surface area (Å²) in [4.78, 5) is 4.51. The lowest BCUT2D eigenvalue weighted by molar-refractivity contribution is 0.327. The molecule has 1 aliphatic heterocycles. The van der Waals surface area contributed by atoms with Crippen LogP contribution in [0.15, 0.2) is 40.8 Å². The molecule has 1 atom stereocenters. The number of para-hydroxylation sites is 1. The molecule has 0 spiro atoms. The van der Waals surface area contributed by atoms with E-state index in [0.717, 1.165) is 11.3 Å². The number of nitrogen functional groups attached to an aromatic ring is 1. The van der Waals surface area contributed by atoms with Crippen LogP contribution in [0.2, 0.25) is 5.02 Å². The van der Waals surface area contributed by atoms with Crippen molar-refractivity contribution >= 4 is 28.4 Å². The van der Waals surface area contributed by atoms with Gasteiger partial charge in [-0.25, -0.2) is 4.98 Å². The molecule has 4 rings (SSSR count). The Labute approximate surface area is 120 Å². The molecule has 4 nitrogen and oxygen atoms in total. The van der Waals surface area contributed by atoms with Crippen molar-refractivity contribution < 1.29 is 9.15 Å². The summed E-state index contributed by atoms with van der Waals surface area (Å²) in [6.45, 7) is 0.537. The molecule has 2 aromatic carbocycles. The van der Waals surface area contributed by atoms with Crippen molar-refractivity contribution in [1.29, 1.82) is 0 Å². The third-order valence-electron chi connectivity index (χ3n) is 3.52. The highest BCUT2D eigenvalue weighted by atomic mass is 35.5. The Morgan fingerprint density at radius 3 is 3.00 bits per heavy atom. The van der Waals surface area contributed by atoms with E-state index in [0.29, 0.717) is 34.3 Å². The Hall–Kier alpha value is -2.20. The van der Waals surface area contributed by atoms with Crippen molar-refractivity contribution in [3.63, 3.8) is 0 Å². The van der Waals surface area contributed by atoms with Crippen LogP contribution in [0.3, 0.4) is 0 Å². The van der Waals surface area contributed by atoms with Crippen LogP contribution in [-0.4, -0.2) is 11.6 Å². The minimum Gasteiger partial charge on any atom is -0.492 e. The van der Waals surface area contributed by atoms with Gasteiger partial charge in [0, 0.05) is 11.6 Å². The minimum absolute atomic E-state index is 0.0126. The van der Waals surface area contributed by atoms with Crippen LogP contribution >= 0.6 is 11.6 Å². The average molecular weight is 287 g/mol. The molecule has 2 N–H and O–H groups in total. The van der Waals surface area contributed by atoms with Gasteiger partial charge in [0.05, 0.1) is 16.6 Å². The zero-order valence-electron chi connectivity index (χ0n) is 10.5. The van der Waals surface area contributed by atoms with Crippen LogP contribution in [0.25, 0.3) is 11.1 Å². The largest absolute Gasteiger partial charge is 0.492 e. The number of oxazole rings is 1. The summed E-state index contributed by atoms with van der Waals surface area (Å²) in [7, 11) is 0. The first-order valence-corrected chi connectivity index (χ1v) is 6.67. The van der Waals surface area contributed by atoms with E-state index in [4.69, 9.17) is 26.5 Å². The van der Waals surface area contributed by atoms with Crippen LogP contribution in [0, 0.1) is 0 Å². The number of hydrogen-bond acceptors (Lipinski definition) is 4. The molecule has 0 fully saturated rings. The van der Waals surface area contributed by atoms with Crippen LogP contribution in [0.4, 0.5) is 5.69 Å². The van der Waals surface area contributed by atoms with Gasteiger partial charge in [0.1, 0.15) is 17.9 Å². The second-order valence-electron chi connectivity index (χ2n) is 4.79. The molecule has 1 aromatic heterocycles. The summed E-state index contributed by atoms with van der Waals surface area (Å²) in [6.07, 6.45) is 0. The number of ether oxygens (including phenoxy) is 1.